The van der Waals surface area contributed by atoms with Crippen molar-refractivity contribution in [2.75, 3.05) is 5.32 Å². The van der Waals surface area contributed by atoms with E-state index in [1.807, 2.05) is 35.7 Å². The van der Waals surface area contributed by atoms with Crippen LogP contribution in [0.15, 0.2) is 84.3 Å². The number of thiazole rings is 1. The third-order valence-electron chi connectivity index (χ3n) is 4.39. The molecule has 30 heavy (non-hydrogen) atoms. The fourth-order valence-corrected chi connectivity index (χ4v) is 3.89. The number of anilines is 1. The highest BCUT2D eigenvalue weighted by molar-refractivity contribution is 7.14. The summed E-state index contributed by atoms with van der Waals surface area (Å²) in [5, 5.41) is 6.18. The van der Waals surface area contributed by atoms with Crippen LogP contribution in [0.2, 0.25) is 10.0 Å². The molecule has 3 aromatic carbocycles. The molecule has 0 radical (unpaired) electrons. The molecule has 1 amide bonds. The lowest BCUT2D eigenvalue weighted by Crippen LogP contribution is -2.07. The summed E-state index contributed by atoms with van der Waals surface area (Å²) in [6, 6.07) is 23.6. The van der Waals surface area contributed by atoms with Crippen LogP contribution in [-0.2, 0) is 4.79 Å². The van der Waals surface area contributed by atoms with Crippen molar-refractivity contribution in [3.63, 3.8) is 0 Å². The molecule has 0 aliphatic heterocycles. The van der Waals surface area contributed by atoms with Crippen LogP contribution in [0.3, 0.4) is 0 Å². The highest BCUT2D eigenvalue weighted by Crippen LogP contribution is 2.28. The van der Waals surface area contributed by atoms with Gasteiger partial charge in [0.25, 0.3) is 0 Å². The smallest absolute Gasteiger partial charge is 0.250 e. The van der Waals surface area contributed by atoms with Gasteiger partial charge >= 0.3 is 0 Å². The molecule has 1 aromatic heterocycles. The number of hydrogen-bond acceptors (Lipinski definition) is 3. The fourth-order valence-electron chi connectivity index (χ4n) is 2.86. The molecule has 3 nitrogen and oxygen atoms in total. The summed E-state index contributed by atoms with van der Waals surface area (Å²) in [4.78, 5) is 16.7. The van der Waals surface area contributed by atoms with Gasteiger partial charge in [-0.3, -0.25) is 10.1 Å². The Hall–Kier alpha value is -2.92. The van der Waals surface area contributed by atoms with Crippen LogP contribution in [0.1, 0.15) is 5.56 Å². The Morgan fingerprint density at radius 2 is 1.57 bits per heavy atom. The number of benzene rings is 3. The van der Waals surface area contributed by atoms with Crippen molar-refractivity contribution in [3.8, 4) is 22.4 Å². The Kier molecular flexibility index (Phi) is 6.29. The zero-order chi connectivity index (χ0) is 20.9. The molecule has 148 valence electrons. The third kappa shape index (κ3) is 4.97. The van der Waals surface area contributed by atoms with Crippen molar-refractivity contribution in [2.45, 2.75) is 0 Å². The number of halogens is 2. The van der Waals surface area contributed by atoms with E-state index in [9.17, 15) is 4.79 Å². The zero-order valence-corrected chi connectivity index (χ0v) is 18.0. The molecular weight excluding hydrogens is 435 g/mol. The Bertz CT molecular complexity index is 1200. The van der Waals surface area contributed by atoms with E-state index in [2.05, 4.69) is 34.6 Å². The summed E-state index contributed by atoms with van der Waals surface area (Å²) in [5.41, 5.74) is 4.93. The summed E-state index contributed by atoms with van der Waals surface area (Å²) in [5.74, 6) is -0.263. The number of nitrogens with one attached hydrogen (secondary N) is 1. The lowest BCUT2D eigenvalue weighted by molar-refractivity contribution is -0.111. The first-order valence-corrected chi connectivity index (χ1v) is 10.8. The van der Waals surface area contributed by atoms with Crippen LogP contribution >= 0.6 is 34.5 Å². The Balaban J connectivity index is 1.42. The van der Waals surface area contributed by atoms with Gasteiger partial charge < -0.3 is 0 Å². The van der Waals surface area contributed by atoms with Gasteiger partial charge in [-0.1, -0.05) is 83.9 Å². The lowest BCUT2D eigenvalue weighted by Gasteiger charge is -2.03. The minimum atomic E-state index is -0.263. The molecule has 0 aliphatic carbocycles. The first-order valence-electron chi connectivity index (χ1n) is 9.14. The van der Waals surface area contributed by atoms with Crippen LogP contribution in [0.5, 0.6) is 0 Å². The number of hydrogen-bond donors (Lipinski definition) is 1. The number of rotatable bonds is 5. The molecule has 0 saturated carbocycles. The molecule has 1 heterocycles. The topological polar surface area (TPSA) is 42.0 Å². The largest absolute Gasteiger partial charge is 0.298 e. The van der Waals surface area contributed by atoms with Gasteiger partial charge in [0, 0.05) is 17.0 Å². The number of carbonyl (C=O) groups excluding carboxylic acids is 1. The third-order valence-corrected chi connectivity index (χ3v) is 5.89. The molecule has 0 saturated heterocycles. The van der Waals surface area contributed by atoms with Gasteiger partial charge in [-0.2, -0.15) is 0 Å². The molecule has 4 aromatic rings. The Morgan fingerprint density at radius 1 is 0.867 bits per heavy atom. The molecule has 0 aliphatic rings. The maximum Gasteiger partial charge on any atom is 0.250 e. The highest BCUT2D eigenvalue weighted by atomic mass is 35.5. The monoisotopic (exact) mass is 450 g/mol. The number of carbonyl (C=O) groups is 1. The normalized spacial score (nSPS) is 11.0. The van der Waals surface area contributed by atoms with E-state index in [0.717, 1.165) is 22.4 Å². The Labute approximate surface area is 188 Å². The summed E-state index contributed by atoms with van der Waals surface area (Å²) in [7, 11) is 0. The van der Waals surface area contributed by atoms with Crippen molar-refractivity contribution >= 4 is 51.7 Å². The summed E-state index contributed by atoms with van der Waals surface area (Å²) in [6.07, 6.45) is 3.11. The van der Waals surface area contributed by atoms with Crippen LogP contribution in [-0.4, -0.2) is 10.9 Å². The first-order chi connectivity index (χ1) is 14.6. The van der Waals surface area contributed by atoms with Crippen LogP contribution < -0.4 is 5.32 Å². The van der Waals surface area contributed by atoms with E-state index in [4.69, 9.17) is 23.2 Å². The average Bonchev–Trinajstić information content (AvgIpc) is 3.24. The molecular formula is C24H16Cl2N2OS. The van der Waals surface area contributed by atoms with Crippen molar-refractivity contribution < 1.29 is 4.79 Å². The van der Waals surface area contributed by atoms with E-state index in [1.54, 1.807) is 24.3 Å². The SMILES string of the molecule is O=C(/C=C/c1ccc(Cl)c(Cl)c1)Nc1nc(-c2ccc(-c3ccccc3)cc2)cs1. The predicted octanol–water partition coefficient (Wildman–Crippen LogP) is 7.44. The second-order valence-electron chi connectivity index (χ2n) is 6.48. The summed E-state index contributed by atoms with van der Waals surface area (Å²) in [6.45, 7) is 0. The molecule has 0 spiro atoms. The van der Waals surface area contributed by atoms with Gasteiger partial charge in [0.05, 0.1) is 15.7 Å². The molecule has 0 fully saturated rings. The van der Waals surface area contributed by atoms with Gasteiger partial charge in [0.1, 0.15) is 0 Å². The zero-order valence-electron chi connectivity index (χ0n) is 15.7. The van der Waals surface area contributed by atoms with E-state index in [-0.39, 0.29) is 5.91 Å². The molecule has 0 atom stereocenters. The minimum Gasteiger partial charge on any atom is -0.298 e. The first kappa shape index (κ1) is 20.4. The number of amides is 1. The van der Waals surface area contributed by atoms with Gasteiger partial charge in [-0.25, -0.2) is 4.98 Å². The molecule has 1 N–H and O–H groups in total. The molecule has 0 bridgehead atoms. The van der Waals surface area contributed by atoms with E-state index >= 15 is 0 Å². The van der Waals surface area contributed by atoms with Crippen LogP contribution in [0.4, 0.5) is 5.13 Å². The predicted molar refractivity (Wildman–Crippen MR) is 127 cm³/mol. The second kappa shape index (κ2) is 9.26. The van der Waals surface area contributed by atoms with Crippen molar-refractivity contribution in [1.29, 1.82) is 0 Å². The molecule has 6 heteroatoms. The van der Waals surface area contributed by atoms with E-state index in [1.165, 1.54) is 23.0 Å². The second-order valence-corrected chi connectivity index (χ2v) is 8.15. The van der Waals surface area contributed by atoms with Gasteiger partial charge in [-0.15, -0.1) is 11.3 Å². The summed E-state index contributed by atoms with van der Waals surface area (Å²) < 4.78 is 0. The van der Waals surface area contributed by atoms with Gasteiger partial charge in [-0.05, 0) is 34.9 Å². The van der Waals surface area contributed by atoms with Crippen molar-refractivity contribution in [2.24, 2.45) is 0 Å². The molecule has 0 unspecified atom stereocenters. The highest BCUT2D eigenvalue weighted by Gasteiger charge is 2.07. The maximum atomic E-state index is 12.2. The number of nitrogens with zero attached hydrogens (tertiary/aromatic N) is 1. The number of aromatic nitrogens is 1. The standard InChI is InChI=1S/C24H16Cl2N2OS/c25-20-12-6-16(14-21(20)26)7-13-23(29)28-24-27-22(15-30-24)19-10-8-18(9-11-19)17-4-2-1-3-5-17/h1-15H,(H,27,28,29)/b13-7+. The summed E-state index contributed by atoms with van der Waals surface area (Å²) >= 11 is 13.3. The fraction of sp³-hybridized carbons (Fsp3) is 0. The average molecular weight is 451 g/mol. The minimum absolute atomic E-state index is 0.263. The van der Waals surface area contributed by atoms with Crippen LogP contribution in [0.25, 0.3) is 28.5 Å². The van der Waals surface area contributed by atoms with E-state index in [0.29, 0.717) is 15.2 Å². The lowest BCUT2D eigenvalue weighted by atomic mass is 10.0. The van der Waals surface area contributed by atoms with Gasteiger partial charge in [0.15, 0.2) is 5.13 Å². The molecule has 4 rings (SSSR count). The van der Waals surface area contributed by atoms with E-state index < -0.39 is 0 Å². The van der Waals surface area contributed by atoms with Crippen LogP contribution in [0, 0.1) is 0 Å². The quantitative estimate of drug-likeness (QED) is 0.321. The van der Waals surface area contributed by atoms with Crippen molar-refractivity contribution in [1.82, 2.24) is 4.98 Å². The maximum absolute atomic E-state index is 12.2. The van der Waals surface area contributed by atoms with Crippen molar-refractivity contribution in [3.05, 3.63) is 99.9 Å². The Morgan fingerprint density at radius 3 is 2.30 bits per heavy atom. The van der Waals surface area contributed by atoms with Gasteiger partial charge in [0.2, 0.25) is 5.91 Å².